The van der Waals surface area contributed by atoms with Crippen LogP contribution in [0.3, 0.4) is 0 Å². The Labute approximate surface area is 426 Å². The molecule has 0 saturated carbocycles. The Morgan fingerprint density at radius 3 is 1.26 bits per heavy atom. The number of carbonyl (C=O) groups excluding carboxylic acids is 1. The first kappa shape index (κ1) is 66.4. The molecule has 69 heavy (non-hydrogen) atoms. The highest BCUT2D eigenvalue weighted by atomic mass is 31.2. The normalized spacial score (nSPS) is 14.2. The van der Waals surface area contributed by atoms with Gasteiger partial charge in [0.15, 0.2) is 0 Å². The summed E-state index contributed by atoms with van der Waals surface area (Å²) in [5.74, 6) is -0.346. The lowest BCUT2D eigenvalue weighted by molar-refractivity contribution is -0.870. The van der Waals surface area contributed by atoms with Gasteiger partial charge in [-0.25, -0.2) is 0 Å². The molecule has 0 bridgehead atoms. The number of hydrogen-bond acceptors (Lipinski definition) is 7. The summed E-state index contributed by atoms with van der Waals surface area (Å²) in [7, 11) is 1.33. The first-order valence-corrected chi connectivity index (χ1v) is 29.4. The van der Waals surface area contributed by atoms with Crippen molar-refractivity contribution < 1.29 is 37.3 Å². The molecule has 0 fully saturated rings. The summed E-state index contributed by atoms with van der Waals surface area (Å²) >= 11 is 0. The van der Waals surface area contributed by atoms with E-state index in [0.29, 0.717) is 24.1 Å². The van der Waals surface area contributed by atoms with Crippen molar-refractivity contribution in [1.29, 1.82) is 0 Å². The first-order chi connectivity index (χ1) is 33.6. The highest BCUT2D eigenvalue weighted by Gasteiger charge is 2.20. The van der Waals surface area contributed by atoms with Gasteiger partial charge in [-0.2, -0.15) is 0 Å². The lowest BCUT2D eigenvalue weighted by atomic mass is 10.0. The Morgan fingerprint density at radius 2 is 0.841 bits per heavy atom. The Balaban J connectivity index is 4.18. The molecule has 0 amide bonds. The van der Waals surface area contributed by atoms with Crippen LogP contribution in [0.25, 0.3) is 0 Å². The van der Waals surface area contributed by atoms with Crippen LogP contribution < -0.4 is 4.89 Å². The Hall–Kier alpha value is -2.58. The minimum atomic E-state index is -4.55. The Morgan fingerprint density at radius 1 is 0.464 bits per heavy atom. The third kappa shape index (κ3) is 56.2. The summed E-state index contributed by atoms with van der Waals surface area (Å²) in [5.41, 5.74) is 0. The molecule has 2 atom stereocenters. The standard InChI is InChI=1S/C60H106NO7P/c1-6-8-10-12-14-16-18-20-22-24-26-28-30-32-34-36-38-40-42-44-46-48-50-52-55-65-57-59(58-67-69(63,64)66-56-54-61(3,4)5)68-60(62)53-51-49-47-45-43-41-39-37-35-33-31-29-27-25-23-21-19-17-15-13-11-9-7-2/h8,10,14,16,19-22,25-28,32,34,38,40,59H,6-7,9,11-13,15,17-18,23-24,29-31,33,35-37,39,41-58H2,1-5H3/b10-8-,16-14-,21-19-,22-20-,27-25-,28-26-,34-32-,40-38-. The number of esters is 1. The van der Waals surface area contributed by atoms with Gasteiger partial charge in [0.1, 0.15) is 19.3 Å². The number of unbranched alkanes of at least 4 members (excludes halogenated alkanes) is 21. The van der Waals surface area contributed by atoms with E-state index in [9.17, 15) is 14.3 Å². The lowest BCUT2D eigenvalue weighted by Gasteiger charge is -2.28. The fourth-order valence-electron chi connectivity index (χ4n) is 7.35. The number of nitrogens with zero attached hydrogens (tertiary/aromatic N) is 1. The lowest BCUT2D eigenvalue weighted by Crippen LogP contribution is -2.37. The summed E-state index contributed by atoms with van der Waals surface area (Å²) in [6.45, 7) is 5.24. The Bertz CT molecular complexity index is 1420. The van der Waals surface area contributed by atoms with E-state index in [4.69, 9.17) is 18.5 Å². The van der Waals surface area contributed by atoms with Crippen LogP contribution in [-0.2, 0) is 27.9 Å². The number of quaternary nitrogens is 1. The smallest absolute Gasteiger partial charge is 0.306 e. The third-order valence-electron chi connectivity index (χ3n) is 11.6. The summed E-state index contributed by atoms with van der Waals surface area (Å²) in [6, 6.07) is 0. The Kier molecular flexibility index (Phi) is 49.8. The topological polar surface area (TPSA) is 94.1 Å². The third-order valence-corrected chi connectivity index (χ3v) is 12.6. The van der Waals surface area contributed by atoms with Crippen molar-refractivity contribution in [3.8, 4) is 0 Å². The van der Waals surface area contributed by atoms with Crippen LogP contribution in [0, 0.1) is 0 Å². The molecule has 2 unspecified atom stereocenters. The van der Waals surface area contributed by atoms with Crippen molar-refractivity contribution >= 4 is 13.8 Å². The van der Waals surface area contributed by atoms with Gasteiger partial charge in [0, 0.05) is 13.0 Å². The fraction of sp³-hybridized carbons (Fsp3) is 0.717. The van der Waals surface area contributed by atoms with E-state index in [2.05, 4.69) is 111 Å². The maximum Gasteiger partial charge on any atom is 0.306 e. The molecule has 0 aromatic heterocycles. The monoisotopic (exact) mass is 984 g/mol. The molecule has 0 aliphatic carbocycles. The molecule has 398 valence electrons. The van der Waals surface area contributed by atoms with Crippen LogP contribution >= 0.6 is 7.82 Å². The van der Waals surface area contributed by atoms with Gasteiger partial charge >= 0.3 is 5.97 Å². The summed E-state index contributed by atoms with van der Waals surface area (Å²) in [6.07, 6.45) is 71.5. The molecule has 0 spiro atoms. The fourth-order valence-corrected chi connectivity index (χ4v) is 8.07. The average Bonchev–Trinajstić information content (AvgIpc) is 3.31. The van der Waals surface area contributed by atoms with E-state index in [1.54, 1.807) is 0 Å². The molecule has 0 N–H and O–H groups in total. The zero-order valence-electron chi connectivity index (χ0n) is 45.2. The van der Waals surface area contributed by atoms with Crippen molar-refractivity contribution in [1.82, 2.24) is 0 Å². The number of carbonyl (C=O) groups is 1. The predicted octanol–water partition coefficient (Wildman–Crippen LogP) is 17.1. The highest BCUT2D eigenvalue weighted by molar-refractivity contribution is 7.45. The van der Waals surface area contributed by atoms with Gasteiger partial charge in [0.25, 0.3) is 7.82 Å². The molecular weight excluding hydrogens is 878 g/mol. The molecule has 0 aliphatic heterocycles. The second-order valence-electron chi connectivity index (χ2n) is 19.6. The van der Waals surface area contributed by atoms with Gasteiger partial charge in [0.2, 0.25) is 0 Å². The van der Waals surface area contributed by atoms with E-state index >= 15 is 0 Å². The molecule has 0 saturated heterocycles. The second-order valence-corrected chi connectivity index (χ2v) is 21.0. The number of phosphoric acid groups is 1. The maximum absolute atomic E-state index is 12.8. The molecule has 0 aromatic rings. The molecule has 0 aromatic carbocycles. The molecule has 0 rings (SSSR count). The van der Waals surface area contributed by atoms with Crippen LogP contribution in [0.5, 0.6) is 0 Å². The van der Waals surface area contributed by atoms with Gasteiger partial charge in [-0.05, 0) is 96.3 Å². The molecule has 0 radical (unpaired) electrons. The van der Waals surface area contributed by atoms with E-state index in [1.807, 2.05) is 21.1 Å². The molecule has 0 aliphatic rings. The molecule has 0 heterocycles. The molecule has 9 heteroatoms. The van der Waals surface area contributed by atoms with Crippen molar-refractivity contribution in [2.24, 2.45) is 0 Å². The largest absolute Gasteiger partial charge is 0.756 e. The van der Waals surface area contributed by atoms with Gasteiger partial charge in [-0.15, -0.1) is 0 Å². The maximum atomic E-state index is 12.8. The SMILES string of the molecule is CC/C=C\C/C=C\C/C=C\C/C=C\C/C=C\C/C=C\CCCCCCCOCC(COP(=O)([O-])OCC[N+](C)(C)C)OC(=O)CCCCCCCCCCCCC/C=C\C/C=C\CCCCCCC. The number of likely N-dealkylation sites (N-methyl/N-ethyl adjacent to an activating group) is 1. The van der Waals surface area contributed by atoms with Gasteiger partial charge in [-0.3, -0.25) is 9.36 Å². The van der Waals surface area contributed by atoms with Crippen LogP contribution in [0.2, 0.25) is 0 Å². The molecular formula is C60H106NO7P. The van der Waals surface area contributed by atoms with Crippen LogP contribution in [0.1, 0.15) is 219 Å². The van der Waals surface area contributed by atoms with Crippen molar-refractivity contribution in [3.63, 3.8) is 0 Å². The number of ether oxygens (including phenoxy) is 2. The zero-order valence-corrected chi connectivity index (χ0v) is 46.1. The number of hydrogen-bond donors (Lipinski definition) is 0. The van der Waals surface area contributed by atoms with Crippen LogP contribution in [0.4, 0.5) is 0 Å². The van der Waals surface area contributed by atoms with Gasteiger partial charge in [-0.1, -0.05) is 214 Å². The second kappa shape index (κ2) is 51.8. The van der Waals surface area contributed by atoms with Crippen LogP contribution in [-0.4, -0.2) is 70.7 Å². The number of rotatable bonds is 51. The van der Waals surface area contributed by atoms with E-state index < -0.39 is 13.9 Å². The zero-order chi connectivity index (χ0) is 50.5. The summed E-state index contributed by atoms with van der Waals surface area (Å²) < 4.78 is 34.8. The van der Waals surface area contributed by atoms with E-state index in [1.165, 1.54) is 109 Å². The number of phosphoric ester groups is 1. The first-order valence-electron chi connectivity index (χ1n) is 28.0. The quantitative estimate of drug-likeness (QED) is 0.0197. The number of allylic oxidation sites excluding steroid dienone is 16. The minimum absolute atomic E-state index is 0.0165. The minimum Gasteiger partial charge on any atom is -0.756 e. The summed E-state index contributed by atoms with van der Waals surface area (Å²) in [5, 5.41) is 0. The van der Waals surface area contributed by atoms with Crippen molar-refractivity contribution in [2.75, 3.05) is 54.1 Å². The predicted molar refractivity (Wildman–Crippen MR) is 295 cm³/mol. The van der Waals surface area contributed by atoms with Crippen molar-refractivity contribution in [3.05, 3.63) is 97.2 Å². The summed E-state index contributed by atoms with van der Waals surface area (Å²) in [4.78, 5) is 25.3. The van der Waals surface area contributed by atoms with E-state index in [-0.39, 0.29) is 25.8 Å². The highest BCUT2D eigenvalue weighted by Crippen LogP contribution is 2.38. The van der Waals surface area contributed by atoms with Crippen molar-refractivity contribution in [2.45, 2.75) is 225 Å². The molecule has 8 nitrogen and oxygen atoms in total. The average molecular weight is 984 g/mol. The van der Waals surface area contributed by atoms with Crippen LogP contribution in [0.15, 0.2) is 97.2 Å². The van der Waals surface area contributed by atoms with Gasteiger partial charge in [0.05, 0.1) is 34.4 Å². The van der Waals surface area contributed by atoms with Gasteiger partial charge < -0.3 is 27.9 Å². The van der Waals surface area contributed by atoms with E-state index in [0.717, 1.165) is 89.9 Å².